The summed E-state index contributed by atoms with van der Waals surface area (Å²) in [6.07, 6.45) is 2.21. The van der Waals surface area contributed by atoms with Gasteiger partial charge in [-0.2, -0.15) is 0 Å². The second-order valence-electron chi connectivity index (χ2n) is 4.92. The number of carbonyl (C=O) groups excluding carboxylic acids is 1. The standard InChI is InChI=1S/C12H25NO3/c1-10(9-14)6-5-7-13-11(15)8-12(2,3)16-4/h10,14H,5-9H2,1-4H3,(H,13,15). The molecule has 1 amide bonds. The molecule has 16 heavy (non-hydrogen) atoms. The molecular formula is C12H25NO3. The van der Waals surface area contributed by atoms with E-state index in [2.05, 4.69) is 5.32 Å². The van der Waals surface area contributed by atoms with Crippen molar-refractivity contribution in [2.45, 2.75) is 45.6 Å². The second kappa shape index (κ2) is 7.63. The van der Waals surface area contributed by atoms with Gasteiger partial charge in [-0.3, -0.25) is 4.79 Å². The first-order valence-corrected chi connectivity index (χ1v) is 5.84. The molecule has 1 atom stereocenters. The van der Waals surface area contributed by atoms with Gasteiger partial charge in [0.2, 0.25) is 5.91 Å². The second-order valence-corrected chi connectivity index (χ2v) is 4.92. The van der Waals surface area contributed by atoms with Crippen molar-refractivity contribution in [2.24, 2.45) is 5.92 Å². The number of nitrogens with one attached hydrogen (secondary N) is 1. The Labute approximate surface area is 98.4 Å². The first-order chi connectivity index (χ1) is 7.41. The average Bonchev–Trinajstić information content (AvgIpc) is 2.23. The predicted molar refractivity (Wildman–Crippen MR) is 64.2 cm³/mol. The Morgan fingerprint density at radius 3 is 2.62 bits per heavy atom. The van der Waals surface area contributed by atoms with Crippen molar-refractivity contribution in [3.63, 3.8) is 0 Å². The summed E-state index contributed by atoms with van der Waals surface area (Å²) in [6, 6.07) is 0. The maximum Gasteiger partial charge on any atom is 0.222 e. The maximum atomic E-state index is 11.5. The van der Waals surface area contributed by atoms with Gasteiger partial charge in [0.05, 0.1) is 12.0 Å². The summed E-state index contributed by atoms with van der Waals surface area (Å²) in [5.41, 5.74) is -0.400. The van der Waals surface area contributed by atoms with Crippen LogP contribution in [0.4, 0.5) is 0 Å². The molecule has 0 saturated carbocycles. The Morgan fingerprint density at radius 2 is 2.12 bits per heavy atom. The van der Waals surface area contributed by atoms with Gasteiger partial charge in [-0.15, -0.1) is 0 Å². The lowest BCUT2D eigenvalue weighted by Gasteiger charge is -2.21. The zero-order chi connectivity index (χ0) is 12.6. The number of methoxy groups -OCH3 is 1. The van der Waals surface area contributed by atoms with Crippen LogP contribution in [0.25, 0.3) is 0 Å². The van der Waals surface area contributed by atoms with E-state index in [-0.39, 0.29) is 12.5 Å². The first-order valence-electron chi connectivity index (χ1n) is 5.84. The third-order valence-corrected chi connectivity index (χ3v) is 2.65. The maximum absolute atomic E-state index is 11.5. The summed E-state index contributed by atoms with van der Waals surface area (Å²) in [6.45, 7) is 6.66. The van der Waals surface area contributed by atoms with Crippen LogP contribution in [0.1, 0.15) is 40.0 Å². The van der Waals surface area contributed by atoms with E-state index in [1.165, 1.54) is 0 Å². The van der Waals surface area contributed by atoms with E-state index < -0.39 is 5.60 Å². The number of ether oxygens (including phenoxy) is 1. The molecule has 0 heterocycles. The minimum atomic E-state index is -0.400. The summed E-state index contributed by atoms with van der Waals surface area (Å²) in [5.74, 6) is 0.329. The Kier molecular flexibility index (Phi) is 7.34. The third kappa shape index (κ3) is 7.65. The third-order valence-electron chi connectivity index (χ3n) is 2.65. The highest BCUT2D eigenvalue weighted by atomic mass is 16.5. The summed E-state index contributed by atoms with van der Waals surface area (Å²) < 4.78 is 5.18. The van der Waals surface area contributed by atoms with Crippen LogP contribution in [0.3, 0.4) is 0 Å². The minimum absolute atomic E-state index is 0.0171. The number of hydrogen-bond donors (Lipinski definition) is 2. The van der Waals surface area contributed by atoms with E-state index >= 15 is 0 Å². The molecule has 0 saturated heterocycles. The molecule has 4 heteroatoms. The monoisotopic (exact) mass is 231 g/mol. The van der Waals surface area contributed by atoms with Crippen LogP contribution in [0, 0.1) is 5.92 Å². The predicted octanol–water partition coefficient (Wildman–Crippen LogP) is 1.33. The van der Waals surface area contributed by atoms with E-state index in [0.29, 0.717) is 18.9 Å². The molecule has 0 fully saturated rings. The molecule has 0 aromatic rings. The lowest BCUT2D eigenvalue weighted by atomic mass is 10.0. The molecule has 0 spiro atoms. The lowest BCUT2D eigenvalue weighted by molar-refractivity contribution is -0.126. The average molecular weight is 231 g/mol. The molecular weight excluding hydrogens is 206 g/mol. The number of aliphatic hydroxyl groups is 1. The van der Waals surface area contributed by atoms with Gasteiger partial charge < -0.3 is 15.2 Å². The summed E-state index contributed by atoms with van der Waals surface area (Å²) >= 11 is 0. The fraction of sp³-hybridized carbons (Fsp3) is 0.917. The van der Waals surface area contributed by atoms with Crippen molar-refractivity contribution in [1.82, 2.24) is 5.32 Å². The molecule has 4 nitrogen and oxygen atoms in total. The van der Waals surface area contributed by atoms with Crippen molar-refractivity contribution in [3.8, 4) is 0 Å². The topological polar surface area (TPSA) is 58.6 Å². The largest absolute Gasteiger partial charge is 0.396 e. The van der Waals surface area contributed by atoms with Gasteiger partial charge in [0.1, 0.15) is 0 Å². The number of rotatable bonds is 8. The number of aliphatic hydroxyl groups excluding tert-OH is 1. The molecule has 0 rings (SSSR count). The summed E-state index contributed by atoms with van der Waals surface area (Å²) in [7, 11) is 1.61. The molecule has 1 unspecified atom stereocenters. The number of hydrogen-bond acceptors (Lipinski definition) is 3. The van der Waals surface area contributed by atoms with E-state index in [1.54, 1.807) is 7.11 Å². The fourth-order valence-electron chi connectivity index (χ4n) is 1.29. The molecule has 0 bridgehead atoms. The minimum Gasteiger partial charge on any atom is -0.396 e. The van der Waals surface area contributed by atoms with Gasteiger partial charge in [0.15, 0.2) is 0 Å². The normalized spacial score (nSPS) is 13.6. The molecule has 0 aromatic heterocycles. The zero-order valence-electron chi connectivity index (χ0n) is 10.9. The van der Waals surface area contributed by atoms with E-state index in [1.807, 2.05) is 20.8 Å². The van der Waals surface area contributed by atoms with Crippen molar-refractivity contribution in [2.75, 3.05) is 20.3 Å². The fourth-order valence-corrected chi connectivity index (χ4v) is 1.29. The van der Waals surface area contributed by atoms with Crippen molar-refractivity contribution in [1.29, 1.82) is 0 Å². The Hall–Kier alpha value is -0.610. The van der Waals surface area contributed by atoms with Crippen LogP contribution in [0.2, 0.25) is 0 Å². The molecule has 0 aromatic carbocycles. The quantitative estimate of drug-likeness (QED) is 0.620. The highest BCUT2D eigenvalue weighted by molar-refractivity contribution is 5.76. The Balaban J connectivity index is 3.59. The van der Waals surface area contributed by atoms with E-state index in [9.17, 15) is 4.79 Å². The molecule has 0 aliphatic heterocycles. The van der Waals surface area contributed by atoms with Crippen LogP contribution in [-0.4, -0.2) is 36.9 Å². The zero-order valence-corrected chi connectivity index (χ0v) is 10.9. The van der Waals surface area contributed by atoms with Crippen LogP contribution >= 0.6 is 0 Å². The van der Waals surface area contributed by atoms with Gasteiger partial charge in [-0.05, 0) is 32.6 Å². The van der Waals surface area contributed by atoms with Crippen LogP contribution < -0.4 is 5.32 Å². The number of amides is 1. The molecule has 2 N–H and O–H groups in total. The van der Waals surface area contributed by atoms with E-state index in [0.717, 1.165) is 12.8 Å². The smallest absolute Gasteiger partial charge is 0.222 e. The highest BCUT2D eigenvalue weighted by Gasteiger charge is 2.20. The summed E-state index contributed by atoms with van der Waals surface area (Å²) in [4.78, 5) is 11.5. The number of carbonyl (C=O) groups is 1. The Morgan fingerprint density at radius 1 is 1.50 bits per heavy atom. The van der Waals surface area contributed by atoms with Crippen molar-refractivity contribution < 1.29 is 14.6 Å². The van der Waals surface area contributed by atoms with Crippen LogP contribution in [0.5, 0.6) is 0 Å². The molecule has 0 radical (unpaired) electrons. The molecule has 0 aliphatic rings. The van der Waals surface area contributed by atoms with Gasteiger partial charge in [-0.25, -0.2) is 0 Å². The van der Waals surface area contributed by atoms with Crippen molar-refractivity contribution in [3.05, 3.63) is 0 Å². The Bertz CT molecular complexity index is 204. The van der Waals surface area contributed by atoms with Gasteiger partial charge in [0, 0.05) is 20.3 Å². The SMILES string of the molecule is COC(C)(C)CC(=O)NCCCC(C)CO. The van der Waals surface area contributed by atoms with Gasteiger partial charge in [-0.1, -0.05) is 6.92 Å². The highest BCUT2D eigenvalue weighted by Crippen LogP contribution is 2.12. The van der Waals surface area contributed by atoms with E-state index in [4.69, 9.17) is 9.84 Å². The van der Waals surface area contributed by atoms with Gasteiger partial charge >= 0.3 is 0 Å². The van der Waals surface area contributed by atoms with Crippen LogP contribution in [-0.2, 0) is 9.53 Å². The van der Waals surface area contributed by atoms with Crippen LogP contribution in [0.15, 0.2) is 0 Å². The summed E-state index contributed by atoms with van der Waals surface area (Å²) in [5, 5.41) is 11.7. The molecule has 0 aliphatic carbocycles. The lowest BCUT2D eigenvalue weighted by Crippen LogP contribution is -2.34. The van der Waals surface area contributed by atoms with Gasteiger partial charge in [0.25, 0.3) is 0 Å². The van der Waals surface area contributed by atoms with Crippen molar-refractivity contribution >= 4 is 5.91 Å². The first kappa shape index (κ1) is 15.4. The molecule has 96 valence electrons.